The molecule has 0 aromatic heterocycles. The Morgan fingerprint density at radius 2 is 2.00 bits per heavy atom. The molecule has 1 rings (SSSR count). The molecule has 14 heavy (non-hydrogen) atoms. The van der Waals surface area contributed by atoms with E-state index >= 15 is 0 Å². The average molecular weight is 196 g/mol. The zero-order valence-electron chi connectivity index (χ0n) is 9.21. The molecule has 0 heterocycles. The van der Waals surface area contributed by atoms with Crippen LogP contribution in [0.25, 0.3) is 0 Å². The van der Waals surface area contributed by atoms with Crippen LogP contribution in [0, 0.1) is 11.3 Å². The molecule has 2 heteroatoms. The van der Waals surface area contributed by atoms with Crippen molar-refractivity contribution in [3.05, 3.63) is 12.7 Å². The fraction of sp³-hybridized carbons (Fsp3) is 0.750. The fourth-order valence-corrected chi connectivity index (χ4v) is 2.34. The Labute approximate surface area is 86.3 Å². The summed E-state index contributed by atoms with van der Waals surface area (Å²) in [5.41, 5.74) is -0.477. The van der Waals surface area contributed by atoms with Crippen LogP contribution >= 0.6 is 0 Å². The number of methoxy groups -OCH3 is 1. The number of hydrogen-bond donors (Lipinski definition) is 0. The van der Waals surface area contributed by atoms with Crippen molar-refractivity contribution in [2.24, 2.45) is 11.3 Å². The van der Waals surface area contributed by atoms with Gasteiger partial charge in [0.1, 0.15) is 0 Å². The van der Waals surface area contributed by atoms with Crippen molar-refractivity contribution in [3.63, 3.8) is 0 Å². The van der Waals surface area contributed by atoms with Crippen LogP contribution in [0.15, 0.2) is 12.7 Å². The lowest BCUT2D eigenvalue weighted by Crippen LogP contribution is -2.36. The van der Waals surface area contributed by atoms with E-state index in [2.05, 4.69) is 6.58 Å². The monoisotopic (exact) mass is 196 g/mol. The van der Waals surface area contributed by atoms with Gasteiger partial charge in [-0.2, -0.15) is 0 Å². The number of rotatable bonds is 3. The maximum atomic E-state index is 11.7. The summed E-state index contributed by atoms with van der Waals surface area (Å²) in [5.74, 6) is 0.278. The van der Waals surface area contributed by atoms with Gasteiger partial charge in [0.25, 0.3) is 0 Å². The summed E-state index contributed by atoms with van der Waals surface area (Å²) in [6.07, 6.45) is 7.76. The Kier molecular flexibility index (Phi) is 3.73. The van der Waals surface area contributed by atoms with E-state index < -0.39 is 5.41 Å². The molecule has 0 saturated heterocycles. The van der Waals surface area contributed by atoms with E-state index in [9.17, 15) is 4.79 Å². The number of hydrogen-bond acceptors (Lipinski definition) is 2. The summed E-state index contributed by atoms with van der Waals surface area (Å²) in [7, 11) is 1.45. The van der Waals surface area contributed by atoms with Gasteiger partial charge in [0.2, 0.25) is 0 Å². The van der Waals surface area contributed by atoms with E-state index in [1.54, 1.807) is 6.08 Å². The SMILES string of the molecule is C=C[C@](C)(C(=O)OC)C1CCCCC1. The highest BCUT2D eigenvalue weighted by molar-refractivity contribution is 5.78. The summed E-state index contributed by atoms with van der Waals surface area (Å²) >= 11 is 0. The lowest BCUT2D eigenvalue weighted by Gasteiger charge is -2.35. The van der Waals surface area contributed by atoms with Crippen molar-refractivity contribution in [1.29, 1.82) is 0 Å². The molecule has 0 N–H and O–H groups in total. The number of carbonyl (C=O) groups is 1. The molecular weight excluding hydrogens is 176 g/mol. The first-order chi connectivity index (χ1) is 6.65. The minimum absolute atomic E-state index is 0.139. The minimum atomic E-state index is -0.477. The maximum absolute atomic E-state index is 11.7. The predicted molar refractivity (Wildman–Crippen MR) is 56.9 cm³/mol. The average Bonchev–Trinajstić information content (AvgIpc) is 2.28. The molecule has 0 aliphatic heterocycles. The quantitative estimate of drug-likeness (QED) is 0.512. The van der Waals surface area contributed by atoms with Crippen LogP contribution in [-0.2, 0) is 9.53 Å². The first-order valence-corrected chi connectivity index (χ1v) is 5.37. The van der Waals surface area contributed by atoms with Gasteiger partial charge in [0.15, 0.2) is 0 Å². The highest BCUT2D eigenvalue weighted by Gasteiger charge is 2.39. The van der Waals surface area contributed by atoms with Crippen LogP contribution in [0.1, 0.15) is 39.0 Å². The zero-order valence-corrected chi connectivity index (χ0v) is 9.21. The lowest BCUT2D eigenvalue weighted by molar-refractivity contribution is -0.152. The fourth-order valence-electron chi connectivity index (χ4n) is 2.34. The second kappa shape index (κ2) is 4.63. The van der Waals surface area contributed by atoms with E-state index in [0.717, 1.165) is 12.8 Å². The maximum Gasteiger partial charge on any atom is 0.315 e. The summed E-state index contributed by atoms with van der Waals surface area (Å²) < 4.78 is 4.85. The number of ether oxygens (including phenoxy) is 1. The molecule has 0 spiro atoms. The zero-order chi connectivity index (χ0) is 10.6. The molecule has 1 saturated carbocycles. The Bertz CT molecular complexity index is 216. The number of carbonyl (C=O) groups excluding carboxylic acids is 1. The first kappa shape index (κ1) is 11.3. The molecule has 0 bridgehead atoms. The van der Waals surface area contributed by atoms with Crippen LogP contribution in [-0.4, -0.2) is 13.1 Å². The van der Waals surface area contributed by atoms with Gasteiger partial charge in [-0.15, -0.1) is 6.58 Å². The van der Waals surface area contributed by atoms with Crippen LogP contribution in [0.3, 0.4) is 0 Å². The molecule has 1 aliphatic rings. The third-order valence-corrected chi connectivity index (χ3v) is 3.50. The molecule has 0 amide bonds. The third-order valence-electron chi connectivity index (χ3n) is 3.50. The van der Waals surface area contributed by atoms with Crippen LogP contribution < -0.4 is 0 Å². The van der Waals surface area contributed by atoms with Crippen molar-refractivity contribution in [2.75, 3.05) is 7.11 Å². The summed E-state index contributed by atoms with van der Waals surface area (Å²) in [6, 6.07) is 0. The Morgan fingerprint density at radius 3 is 2.43 bits per heavy atom. The summed E-state index contributed by atoms with van der Waals surface area (Å²) in [6.45, 7) is 5.72. The molecule has 1 aliphatic carbocycles. The topological polar surface area (TPSA) is 26.3 Å². The van der Waals surface area contributed by atoms with Gasteiger partial charge in [-0.3, -0.25) is 4.79 Å². The van der Waals surface area contributed by atoms with Crippen molar-refractivity contribution in [1.82, 2.24) is 0 Å². The summed E-state index contributed by atoms with van der Waals surface area (Å²) in [5, 5.41) is 0. The Hall–Kier alpha value is -0.790. The smallest absolute Gasteiger partial charge is 0.315 e. The van der Waals surface area contributed by atoms with E-state index in [0.29, 0.717) is 5.92 Å². The second-order valence-electron chi connectivity index (χ2n) is 4.31. The van der Waals surface area contributed by atoms with E-state index in [4.69, 9.17) is 4.74 Å². The molecule has 2 nitrogen and oxygen atoms in total. The highest BCUT2D eigenvalue weighted by atomic mass is 16.5. The summed E-state index contributed by atoms with van der Waals surface area (Å²) in [4.78, 5) is 11.7. The van der Waals surface area contributed by atoms with Crippen molar-refractivity contribution < 1.29 is 9.53 Å². The van der Waals surface area contributed by atoms with Gasteiger partial charge in [-0.1, -0.05) is 25.3 Å². The van der Waals surface area contributed by atoms with Gasteiger partial charge in [0, 0.05) is 0 Å². The molecule has 1 atom stereocenters. The Balaban J connectivity index is 2.76. The predicted octanol–water partition coefficient (Wildman–Crippen LogP) is 2.93. The molecule has 0 aromatic carbocycles. The largest absolute Gasteiger partial charge is 0.468 e. The van der Waals surface area contributed by atoms with Gasteiger partial charge >= 0.3 is 5.97 Å². The third kappa shape index (κ3) is 1.99. The van der Waals surface area contributed by atoms with Gasteiger partial charge in [0.05, 0.1) is 12.5 Å². The Morgan fingerprint density at radius 1 is 1.43 bits per heavy atom. The van der Waals surface area contributed by atoms with Crippen LogP contribution in [0.4, 0.5) is 0 Å². The van der Waals surface area contributed by atoms with Crippen molar-refractivity contribution in [3.8, 4) is 0 Å². The standard InChI is InChI=1S/C12H20O2/c1-4-12(2,11(13)14-3)10-8-6-5-7-9-10/h4,10H,1,5-9H2,2-3H3/t12-/m0/s1. The van der Waals surface area contributed by atoms with Crippen LogP contribution in [0.2, 0.25) is 0 Å². The van der Waals surface area contributed by atoms with Gasteiger partial charge in [-0.05, 0) is 25.7 Å². The van der Waals surface area contributed by atoms with Crippen molar-refractivity contribution in [2.45, 2.75) is 39.0 Å². The lowest BCUT2D eigenvalue weighted by atomic mass is 9.70. The van der Waals surface area contributed by atoms with Crippen molar-refractivity contribution >= 4 is 5.97 Å². The molecular formula is C12H20O2. The minimum Gasteiger partial charge on any atom is -0.468 e. The van der Waals surface area contributed by atoms with Gasteiger partial charge in [-0.25, -0.2) is 0 Å². The first-order valence-electron chi connectivity index (χ1n) is 5.37. The second-order valence-corrected chi connectivity index (χ2v) is 4.31. The molecule has 0 radical (unpaired) electrons. The molecule has 80 valence electrons. The molecule has 1 fully saturated rings. The number of esters is 1. The molecule has 0 aromatic rings. The van der Waals surface area contributed by atoms with E-state index in [-0.39, 0.29) is 5.97 Å². The van der Waals surface area contributed by atoms with Crippen LogP contribution in [0.5, 0.6) is 0 Å². The normalized spacial score (nSPS) is 22.4. The van der Waals surface area contributed by atoms with E-state index in [1.165, 1.54) is 26.4 Å². The van der Waals surface area contributed by atoms with Gasteiger partial charge < -0.3 is 4.74 Å². The van der Waals surface area contributed by atoms with E-state index in [1.807, 2.05) is 6.92 Å². The highest BCUT2D eigenvalue weighted by Crippen LogP contribution is 2.40. The molecule has 0 unspecified atom stereocenters.